The Morgan fingerprint density at radius 1 is 1.20 bits per heavy atom. The lowest BCUT2D eigenvalue weighted by Gasteiger charge is -2.35. The van der Waals surface area contributed by atoms with Crippen LogP contribution in [-0.4, -0.2) is 60.1 Å². The zero-order chi connectivity index (χ0) is 14.5. The molecule has 0 saturated carbocycles. The Labute approximate surface area is 123 Å². The predicted molar refractivity (Wildman–Crippen MR) is 80.7 cm³/mol. The van der Waals surface area contributed by atoms with Gasteiger partial charge in [0, 0.05) is 31.6 Å². The molecule has 2 aliphatic heterocycles. The van der Waals surface area contributed by atoms with E-state index in [1.807, 2.05) is 6.92 Å². The molecule has 4 nitrogen and oxygen atoms in total. The number of amides is 1. The van der Waals surface area contributed by atoms with Crippen molar-refractivity contribution in [3.05, 3.63) is 0 Å². The molecule has 0 aliphatic carbocycles. The number of hydrogen-bond donors (Lipinski definition) is 0. The van der Waals surface area contributed by atoms with Crippen LogP contribution in [0.25, 0.3) is 0 Å². The summed E-state index contributed by atoms with van der Waals surface area (Å²) in [5.41, 5.74) is 0. The van der Waals surface area contributed by atoms with Gasteiger partial charge in [-0.3, -0.25) is 9.69 Å². The lowest BCUT2D eigenvalue weighted by molar-refractivity contribution is -0.132. The third-order valence-corrected chi connectivity index (χ3v) is 4.61. The van der Waals surface area contributed by atoms with Crippen molar-refractivity contribution in [3.63, 3.8) is 0 Å². The fourth-order valence-electron chi connectivity index (χ4n) is 3.68. The topological polar surface area (TPSA) is 32.8 Å². The molecule has 0 aromatic carbocycles. The SMILES string of the molecule is CCC(=O)N1CCC[C@H]1[C@@H]1CCCN1CCOC(C)C. The molecule has 116 valence electrons. The minimum atomic E-state index is 0.306. The van der Waals surface area contributed by atoms with Crippen LogP contribution in [0.2, 0.25) is 0 Å². The van der Waals surface area contributed by atoms with E-state index >= 15 is 0 Å². The Kier molecular flexibility index (Phi) is 5.85. The summed E-state index contributed by atoms with van der Waals surface area (Å²) in [6, 6.07) is 1.01. The zero-order valence-electron chi connectivity index (χ0n) is 13.3. The molecule has 2 fully saturated rings. The molecule has 0 N–H and O–H groups in total. The van der Waals surface area contributed by atoms with Gasteiger partial charge in [-0.05, 0) is 46.1 Å². The first-order valence-corrected chi connectivity index (χ1v) is 8.28. The van der Waals surface area contributed by atoms with Gasteiger partial charge in [-0.1, -0.05) is 6.92 Å². The highest BCUT2D eigenvalue weighted by Gasteiger charge is 2.38. The molecular weight excluding hydrogens is 252 g/mol. The Hall–Kier alpha value is -0.610. The minimum absolute atomic E-state index is 0.306. The fraction of sp³-hybridized carbons (Fsp3) is 0.938. The smallest absolute Gasteiger partial charge is 0.222 e. The molecule has 0 aromatic heterocycles. The third kappa shape index (κ3) is 3.73. The zero-order valence-corrected chi connectivity index (χ0v) is 13.3. The Balaban J connectivity index is 1.90. The van der Waals surface area contributed by atoms with E-state index in [2.05, 4.69) is 23.6 Å². The van der Waals surface area contributed by atoms with E-state index in [1.165, 1.54) is 25.7 Å². The standard InChI is InChI=1S/C16H30N2O2/c1-4-16(19)18-10-6-8-15(18)14-7-5-9-17(14)11-12-20-13(2)3/h13-15H,4-12H2,1-3H3/t14-,15-/m0/s1. The van der Waals surface area contributed by atoms with Crippen LogP contribution in [0.1, 0.15) is 52.9 Å². The van der Waals surface area contributed by atoms with Gasteiger partial charge in [0.2, 0.25) is 5.91 Å². The number of ether oxygens (including phenoxy) is 1. The van der Waals surface area contributed by atoms with E-state index in [0.29, 0.717) is 30.5 Å². The van der Waals surface area contributed by atoms with E-state index in [9.17, 15) is 4.79 Å². The summed E-state index contributed by atoms with van der Waals surface area (Å²) in [7, 11) is 0. The maximum atomic E-state index is 12.1. The van der Waals surface area contributed by atoms with Crippen molar-refractivity contribution in [1.82, 2.24) is 9.80 Å². The lowest BCUT2D eigenvalue weighted by Crippen LogP contribution is -2.48. The van der Waals surface area contributed by atoms with Crippen molar-refractivity contribution < 1.29 is 9.53 Å². The third-order valence-electron chi connectivity index (χ3n) is 4.61. The van der Waals surface area contributed by atoms with Crippen molar-refractivity contribution in [2.75, 3.05) is 26.2 Å². The summed E-state index contributed by atoms with van der Waals surface area (Å²) in [5, 5.41) is 0. The average molecular weight is 282 g/mol. The number of hydrogen-bond acceptors (Lipinski definition) is 3. The van der Waals surface area contributed by atoms with Gasteiger partial charge in [0.15, 0.2) is 0 Å². The molecule has 0 unspecified atom stereocenters. The van der Waals surface area contributed by atoms with Gasteiger partial charge >= 0.3 is 0 Å². The number of rotatable bonds is 6. The normalized spacial score (nSPS) is 27.7. The maximum absolute atomic E-state index is 12.1. The van der Waals surface area contributed by atoms with Crippen molar-refractivity contribution in [2.45, 2.75) is 71.1 Å². The summed E-state index contributed by atoms with van der Waals surface area (Å²) in [6.45, 7) is 10.1. The first-order chi connectivity index (χ1) is 9.63. The van der Waals surface area contributed by atoms with Crippen LogP contribution >= 0.6 is 0 Å². The van der Waals surface area contributed by atoms with Crippen LogP contribution in [0.15, 0.2) is 0 Å². The van der Waals surface area contributed by atoms with E-state index in [0.717, 1.165) is 26.2 Å². The quantitative estimate of drug-likeness (QED) is 0.749. The highest BCUT2D eigenvalue weighted by Crippen LogP contribution is 2.30. The van der Waals surface area contributed by atoms with E-state index < -0.39 is 0 Å². The lowest BCUT2D eigenvalue weighted by atomic mass is 10.0. The summed E-state index contributed by atoms with van der Waals surface area (Å²) >= 11 is 0. The second-order valence-electron chi connectivity index (χ2n) is 6.32. The van der Waals surface area contributed by atoms with Crippen LogP contribution in [0.4, 0.5) is 0 Å². The molecular formula is C16H30N2O2. The number of carbonyl (C=O) groups is 1. The van der Waals surface area contributed by atoms with Gasteiger partial charge in [-0.25, -0.2) is 0 Å². The van der Waals surface area contributed by atoms with E-state index in [4.69, 9.17) is 4.74 Å². The summed E-state index contributed by atoms with van der Waals surface area (Å²) in [6.07, 6.45) is 5.79. The van der Waals surface area contributed by atoms with Crippen LogP contribution in [-0.2, 0) is 9.53 Å². The first-order valence-electron chi connectivity index (χ1n) is 8.28. The van der Waals surface area contributed by atoms with Crippen LogP contribution in [0, 0.1) is 0 Å². The summed E-state index contributed by atoms with van der Waals surface area (Å²) in [5.74, 6) is 0.331. The Morgan fingerprint density at radius 3 is 2.60 bits per heavy atom. The van der Waals surface area contributed by atoms with E-state index in [1.54, 1.807) is 0 Å². The molecule has 2 saturated heterocycles. The monoisotopic (exact) mass is 282 g/mol. The van der Waals surface area contributed by atoms with Gasteiger partial charge in [-0.15, -0.1) is 0 Å². The molecule has 2 atom stereocenters. The van der Waals surface area contributed by atoms with Crippen LogP contribution in [0.3, 0.4) is 0 Å². The summed E-state index contributed by atoms with van der Waals surface area (Å²) < 4.78 is 5.69. The molecule has 20 heavy (non-hydrogen) atoms. The largest absolute Gasteiger partial charge is 0.377 e. The molecule has 4 heteroatoms. The highest BCUT2D eigenvalue weighted by molar-refractivity contribution is 5.76. The molecule has 2 rings (SSSR count). The highest BCUT2D eigenvalue weighted by atomic mass is 16.5. The molecule has 2 aliphatic rings. The van der Waals surface area contributed by atoms with Gasteiger partial charge < -0.3 is 9.64 Å². The summed E-state index contributed by atoms with van der Waals surface area (Å²) in [4.78, 5) is 16.8. The first kappa shape index (κ1) is 15.8. The molecule has 0 bridgehead atoms. The van der Waals surface area contributed by atoms with Gasteiger partial charge in [0.05, 0.1) is 12.7 Å². The van der Waals surface area contributed by atoms with Gasteiger partial charge in [0.25, 0.3) is 0 Å². The Morgan fingerprint density at radius 2 is 1.90 bits per heavy atom. The van der Waals surface area contributed by atoms with E-state index in [-0.39, 0.29) is 0 Å². The van der Waals surface area contributed by atoms with Crippen molar-refractivity contribution in [3.8, 4) is 0 Å². The molecule has 2 heterocycles. The van der Waals surface area contributed by atoms with Crippen molar-refractivity contribution in [2.24, 2.45) is 0 Å². The molecule has 0 radical (unpaired) electrons. The number of nitrogens with zero attached hydrogens (tertiary/aromatic N) is 2. The maximum Gasteiger partial charge on any atom is 0.222 e. The fourth-order valence-corrected chi connectivity index (χ4v) is 3.68. The predicted octanol–water partition coefficient (Wildman–Crippen LogP) is 2.28. The van der Waals surface area contributed by atoms with Crippen molar-refractivity contribution in [1.29, 1.82) is 0 Å². The van der Waals surface area contributed by atoms with Crippen LogP contribution in [0.5, 0.6) is 0 Å². The molecule has 1 amide bonds. The second kappa shape index (κ2) is 7.41. The van der Waals surface area contributed by atoms with Crippen molar-refractivity contribution >= 4 is 5.91 Å². The number of likely N-dealkylation sites (tertiary alicyclic amines) is 2. The van der Waals surface area contributed by atoms with Gasteiger partial charge in [0.1, 0.15) is 0 Å². The van der Waals surface area contributed by atoms with Crippen LogP contribution < -0.4 is 0 Å². The molecule has 0 aromatic rings. The molecule has 0 spiro atoms. The van der Waals surface area contributed by atoms with Gasteiger partial charge in [-0.2, -0.15) is 0 Å². The minimum Gasteiger partial charge on any atom is -0.377 e. The average Bonchev–Trinajstić information content (AvgIpc) is 3.05. The second-order valence-corrected chi connectivity index (χ2v) is 6.32. The number of carbonyl (C=O) groups excluding carboxylic acids is 1. The Bertz CT molecular complexity index is 320.